The second-order valence-corrected chi connectivity index (χ2v) is 8.39. The summed E-state index contributed by atoms with van der Waals surface area (Å²) in [5.74, 6) is 0.168. The number of rotatable bonds is 6. The molecule has 7 nitrogen and oxygen atoms in total. The highest BCUT2D eigenvalue weighted by atomic mass is 32.1. The second kappa shape index (κ2) is 8.69. The largest absolute Gasteiger partial charge is 0.492 e. The molecule has 1 saturated heterocycles. The highest BCUT2D eigenvalue weighted by Crippen LogP contribution is 2.41. The number of ether oxygens (including phenoxy) is 1. The molecule has 9 heteroatoms. The zero-order valence-corrected chi connectivity index (χ0v) is 17.9. The van der Waals surface area contributed by atoms with Crippen LogP contribution in [0.25, 0.3) is 4.96 Å². The van der Waals surface area contributed by atoms with Gasteiger partial charge in [0, 0.05) is 6.42 Å². The molecule has 0 bridgehead atoms. The number of halogens is 1. The molecule has 1 fully saturated rings. The fourth-order valence-electron chi connectivity index (χ4n) is 3.95. The molecule has 0 spiro atoms. The smallest absolute Gasteiger partial charge is 0.309 e. The Kier molecular flexibility index (Phi) is 6.01. The van der Waals surface area contributed by atoms with Crippen molar-refractivity contribution in [1.29, 1.82) is 0 Å². The molecule has 4 rings (SSSR count). The van der Waals surface area contributed by atoms with Gasteiger partial charge in [0.25, 0.3) is 0 Å². The third-order valence-electron chi connectivity index (χ3n) is 5.51. The predicted molar refractivity (Wildman–Crippen MR) is 111 cm³/mol. The predicted octanol–water partition coefficient (Wildman–Crippen LogP) is 3.56. The molecule has 1 aliphatic heterocycles. The molecule has 0 saturated carbocycles. The van der Waals surface area contributed by atoms with Gasteiger partial charge in [-0.3, -0.25) is 9.69 Å². The lowest BCUT2D eigenvalue weighted by molar-refractivity contribution is -0.149. The van der Waals surface area contributed by atoms with E-state index in [2.05, 4.69) is 15.0 Å². The van der Waals surface area contributed by atoms with Crippen LogP contribution in [0.2, 0.25) is 0 Å². The van der Waals surface area contributed by atoms with Gasteiger partial charge in [-0.15, -0.1) is 5.10 Å². The van der Waals surface area contributed by atoms with Crippen molar-refractivity contribution in [3.05, 3.63) is 46.3 Å². The first-order valence-corrected chi connectivity index (χ1v) is 11.1. The number of piperidine rings is 1. The lowest BCUT2D eigenvalue weighted by atomic mass is 9.93. The molecular formula is C21H25FN4O3S. The summed E-state index contributed by atoms with van der Waals surface area (Å²) in [5, 5.41) is 15.3. The Hall–Kier alpha value is -2.52. The summed E-state index contributed by atoms with van der Waals surface area (Å²) < 4.78 is 20.2. The number of nitrogens with zero attached hydrogens (tertiary/aromatic N) is 4. The van der Waals surface area contributed by atoms with Gasteiger partial charge in [-0.2, -0.15) is 4.52 Å². The Bertz CT molecular complexity index is 1020. The standard InChI is InChI=1S/C21H25FN4O3S/c1-3-16-23-21-26(24-16)19(27)18(30-21)17(13-5-7-15(22)8-6-13)25-11-9-14(10-12-25)20(28)29-4-2/h5-8,14,17,27H,3-4,9-12H2,1-2H3. The molecule has 2 aromatic heterocycles. The molecule has 1 aromatic carbocycles. The van der Waals surface area contributed by atoms with Crippen LogP contribution in [0.1, 0.15) is 49.0 Å². The minimum Gasteiger partial charge on any atom is -0.492 e. The fraction of sp³-hybridized carbons (Fsp3) is 0.476. The van der Waals surface area contributed by atoms with E-state index in [4.69, 9.17) is 4.74 Å². The summed E-state index contributed by atoms with van der Waals surface area (Å²) in [4.78, 5) is 20.1. The van der Waals surface area contributed by atoms with Crippen LogP contribution < -0.4 is 0 Å². The van der Waals surface area contributed by atoms with Crippen LogP contribution >= 0.6 is 11.3 Å². The molecule has 1 N–H and O–H groups in total. The molecule has 0 aliphatic carbocycles. The number of aryl methyl sites for hydroxylation is 1. The fourth-order valence-corrected chi connectivity index (χ4v) is 5.08. The monoisotopic (exact) mass is 432 g/mol. The van der Waals surface area contributed by atoms with E-state index in [-0.39, 0.29) is 29.6 Å². The number of aromatic hydroxyl groups is 1. The second-order valence-electron chi connectivity index (χ2n) is 7.38. The van der Waals surface area contributed by atoms with Crippen molar-refractivity contribution in [2.45, 2.75) is 39.2 Å². The summed E-state index contributed by atoms with van der Waals surface area (Å²) in [6.07, 6.45) is 2.04. The van der Waals surface area contributed by atoms with Gasteiger partial charge in [-0.1, -0.05) is 30.4 Å². The average Bonchev–Trinajstić information content (AvgIpc) is 3.29. The molecule has 0 amide bonds. The maximum absolute atomic E-state index is 13.6. The van der Waals surface area contributed by atoms with E-state index < -0.39 is 0 Å². The van der Waals surface area contributed by atoms with E-state index >= 15 is 0 Å². The van der Waals surface area contributed by atoms with Gasteiger partial charge >= 0.3 is 5.97 Å². The summed E-state index contributed by atoms with van der Waals surface area (Å²) in [6.45, 7) is 5.49. The number of carbonyl (C=O) groups is 1. The number of likely N-dealkylation sites (tertiary alicyclic amines) is 1. The van der Waals surface area contributed by atoms with E-state index in [1.165, 1.54) is 28.0 Å². The molecule has 3 heterocycles. The Balaban J connectivity index is 1.66. The van der Waals surface area contributed by atoms with Gasteiger partial charge < -0.3 is 9.84 Å². The Morgan fingerprint density at radius 3 is 2.60 bits per heavy atom. The number of aromatic nitrogens is 3. The summed E-state index contributed by atoms with van der Waals surface area (Å²) in [5.41, 5.74) is 0.876. The average molecular weight is 433 g/mol. The van der Waals surface area contributed by atoms with Crippen LogP contribution in [0.15, 0.2) is 24.3 Å². The summed E-state index contributed by atoms with van der Waals surface area (Å²) >= 11 is 1.39. The maximum atomic E-state index is 13.6. The van der Waals surface area contributed by atoms with Crippen molar-refractivity contribution in [3.63, 3.8) is 0 Å². The molecule has 3 aromatic rings. The number of fused-ring (bicyclic) bond motifs is 1. The van der Waals surface area contributed by atoms with Crippen molar-refractivity contribution < 1.29 is 19.0 Å². The summed E-state index contributed by atoms with van der Waals surface area (Å²) in [7, 11) is 0. The molecule has 1 unspecified atom stereocenters. The van der Waals surface area contributed by atoms with Gasteiger partial charge in [0.2, 0.25) is 10.8 Å². The number of carbonyl (C=O) groups excluding carboxylic acids is 1. The molecule has 160 valence electrons. The molecule has 1 aliphatic rings. The van der Waals surface area contributed by atoms with Crippen LogP contribution in [0, 0.1) is 11.7 Å². The van der Waals surface area contributed by atoms with Gasteiger partial charge in [-0.25, -0.2) is 9.37 Å². The first-order chi connectivity index (χ1) is 14.5. The van der Waals surface area contributed by atoms with Crippen LogP contribution in [0.5, 0.6) is 5.88 Å². The number of thiazole rings is 1. The number of benzene rings is 1. The van der Waals surface area contributed by atoms with E-state index in [9.17, 15) is 14.3 Å². The first kappa shape index (κ1) is 20.7. The van der Waals surface area contributed by atoms with E-state index in [0.29, 0.717) is 54.6 Å². The quantitative estimate of drug-likeness (QED) is 0.600. The molecule has 30 heavy (non-hydrogen) atoms. The Labute approximate surface area is 178 Å². The lowest BCUT2D eigenvalue weighted by Crippen LogP contribution is -2.39. The highest BCUT2D eigenvalue weighted by Gasteiger charge is 2.34. The van der Waals surface area contributed by atoms with Crippen molar-refractivity contribution >= 4 is 22.3 Å². The van der Waals surface area contributed by atoms with Gasteiger partial charge in [0.15, 0.2) is 5.82 Å². The van der Waals surface area contributed by atoms with E-state index in [1.54, 1.807) is 12.1 Å². The number of hydrogen-bond acceptors (Lipinski definition) is 7. The van der Waals surface area contributed by atoms with Crippen molar-refractivity contribution in [3.8, 4) is 5.88 Å². The van der Waals surface area contributed by atoms with Crippen LogP contribution in [-0.2, 0) is 16.0 Å². The Morgan fingerprint density at radius 1 is 1.30 bits per heavy atom. The molecule has 1 atom stereocenters. The first-order valence-electron chi connectivity index (χ1n) is 10.2. The topological polar surface area (TPSA) is 80.0 Å². The van der Waals surface area contributed by atoms with Crippen molar-refractivity contribution in [2.24, 2.45) is 5.92 Å². The third kappa shape index (κ3) is 3.91. The van der Waals surface area contributed by atoms with Crippen LogP contribution in [0.3, 0.4) is 0 Å². The Morgan fingerprint density at radius 2 is 2.00 bits per heavy atom. The number of esters is 1. The van der Waals surface area contributed by atoms with Gasteiger partial charge in [0.05, 0.1) is 23.4 Å². The maximum Gasteiger partial charge on any atom is 0.309 e. The SMILES string of the molecule is CCOC(=O)C1CCN(C(c2ccc(F)cc2)c2sc3nc(CC)nn3c2O)CC1. The number of hydrogen-bond donors (Lipinski definition) is 1. The van der Waals surface area contributed by atoms with Crippen LogP contribution in [-0.4, -0.2) is 50.3 Å². The highest BCUT2D eigenvalue weighted by molar-refractivity contribution is 7.17. The molecule has 0 radical (unpaired) electrons. The minimum absolute atomic E-state index is 0.0593. The minimum atomic E-state index is -0.307. The van der Waals surface area contributed by atoms with Gasteiger partial charge in [-0.05, 0) is 50.6 Å². The van der Waals surface area contributed by atoms with E-state index in [1.807, 2.05) is 13.8 Å². The normalized spacial score (nSPS) is 16.8. The zero-order chi connectivity index (χ0) is 21.3. The lowest BCUT2D eigenvalue weighted by Gasteiger charge is -2.36. The zero-order valence-electron chi connectivity index (χ0n) is 17.0. The van der Waals surface area contributed by atoms with Crippen molar-refractivity contribution in [2.75, 3.05) is 19.7 Å². The molecular weight excluding hydrogens is 407 g/mol. The van der Waals surface area contributed by atoms with Gasteiger partial charge in [0.1, 0.15) is 5.82 Å². The van der Waals surface area contributed by atoms with Crippen molar-refractivity contribution in [1.82, 2.24) is 19.5 Å². The third-order valence-corrected chi connectivity index (χ3v) is 6.58. The van der Waals surface area contributed by atoms with E-state index in [0.717, 1.165) is 5.56 Å². The summed E-state index contributed by atoms with van der Waals surface area (Å²) in [6, 6.07) is 6.06. The van der Waals surface area contributed by atoms with Crippen LogP contribution in [0.4, 0.5) is 4.39 Å².